The maximum atomic E-state index is 13.2. The first kappa shape index (κ1) is 22.5. The van der Waals surface area contributed by atoms with E-state index < -0.39 is 10.0 Å². The second kappa shape index (κ2) is 9.43. The van der Waals surface area contributed by atoms with Gasteiger partial charge in [-0.05, 0) is 42.5 Å². The van der Waals surface area contributed by atoms with Crippen molar-refractivity contribution in [2.75, 3.05) is 45.3 Å². The third kappa shape index (κ3) is 4.57. The van der Waals surface area contributed by atoms with Crippen LogP contribution in [0.4, 0.5) is 5.82 Å². The molecule has 8 nitrogen and oxygen atoms in total. The van der Waals surface area contributed by atoms with Crippen LogP contribution in [0, 0.1) is 0 Å². The minimum Gasteiger partial charge on any atom is -0.497 e. The van der Waals surface area contributed by atoms with Gasteiger partial charge in [0.25, 0.3) is 0 Å². The number of anilines is 1. The standard InChI is InChI=1S/C22H23BrN4O4S/c1-30-18-5-3-4-16(14-18)19-7-9-22(25-24-19)26-10-12-27(13-11-26)32(28,29)21-15-17(23)6-8-20(21)31-2/h3-9,14-15H,10-13H2,1-2H3. The van der Waals surface area contributed by atoms with Gasteiger partial charge in [-0.25, -0.2) is 8.42 Å². The monoisotopic (exact) mass is 518 g/mol. The molecule has 2 aromatic carbocycles. The molecule has 0 saturated carbocycles. The summed E-state index contributed by atoms with van der Waals surface area (Å²) >= 11 is 3.34. The fraction of sp³-hybridized carbons (Fsp3) is 0.273. The van der Waals surface area contributed by atoms with Crippen LogP contribution in [0.25, 0.3) is 11.3 Å². The zero-order chi connectivity index (χ0) is 22.7. The Kier molecular flexibility index (Phi) is 6.63. The van der Waals surface area contributed by atoms with Gasteiger partial charge in [0, 0.05) is 36.2 Å². The van der Waals surface area contributed by atoms with Crippen molar-refractivity contribution in [3.63, 3.8) is 0 Å². The molecule has 0 radical (unpaired) electrons. The van der Waals surface area contributed by atoms with Gasteiger partial charge in [-0.3, -0.25) is 0 Å². The van der Waals surface area contributed by atoms with Crippen molar-refractivity contribution in [1.29, 1.82) is 0 Å². The van der Waals surface area contributed by atoms with Crippen LogP contribution >= 0.6 is 15.9 Å². The molecule has 168 valence electrons. The molecule has 0 amide bonds. The molecule has 32 heavy (non-hydrogen) atoms. The van der Waals surface area contributed by atoms with Crippen LogP contribution in [0.1, 0.15) is 0 Å². The van der Waals surface area contributed by atoms with Crippen LogP contribution in [-0.4, -0.2) is 63.3 Å². The largest absolute Gasteiger partial charge is 0.497 e. The molecule has 1 saturated heterocycles. The van der Waals surface area contributed by atoms with Gasteiger partial charge < -0.3 is 14.4 Å². The Bertz CT molecular complexity index is 1200. The number of nitrogens with zero attached hydrogens (tertiary/aromatic N) is 4. The molecule has 0 N–H and O–H groups in total. The number of aromatic nitrogens is 2. The number of benzene rings is 2. The van der Waals surface area contributed by atoms with Crippen LogP contribution < -0.4 is 14.4 Å². The smallest absolute Gasteiger partial charge is 0.246 e. The fourth-order valence-corrected chi connectivity index (χ4v) is 5.70. The van der Waals surface area contributed by atoms with Crippen molar-refractivity contribution in [1.82, 2.24) is 14.5 Å². The minimum atomic E-state index is -3.68. The quantitative estimate of drug-likeness (QED) is 0.494. The second-order valence-electron chi connectivity index (χ2n) is 7.20. The number of halogens is 1. The van der Waals surface area contributed by atoms with Gasteiger partial charge >= 0.3 is 0 Å². The van der Waals surface area contributed by atoms with E-state index in [4.69, 9.17) is 9.47 Å². The number of hydrogen-bond donors (Lipinski definition) is 0. The summed E-state index contributed by atoms with van der Waals surface area (Å²) in [4.78, 5) is 2.19. The van der Waals surface area contributed by atoms with Gasteiger partial charge in [-0.2, -0.15) is 4.31 Å². The van der Waals surface area contributed by atoms with Gasteiger partial charge in [-0.15, -0.1) is 10.2 Å². The third-order valence-electron chi connectivity index (χ3n) is 5.32. The number of piperazine rings is 1. The van der Waals surface area contributed by atoms with Gasteiger partial charge in [0.15, 0.2) is 5.82 Å². The summed E-state index contributed by atoms with van der Waals surface area (Å²) in [5.41, 5.74) is 1.66. The zero-order valence-corrected chi connectivity index (χ0v) is 20.1. The summed E-state index contributed by atoms with van der Waals surface area (Å²) in [6.45, 7) is 1.72. The molecule has 0 bridgehead atoms. The molecule has 3 aromatic rings. The van der Waals surface area contributed by atoms with Crippen molar-refractivity contribution in [3.8, 4) is 22.8 Å². The Morgan fingerprint density at radius 2 is 1.69 bits per heavy atom. The van der Waals surface area contributed by atoms with E-state index in [1.165, 1.54) is 11.4 Å². The van der Waals surface area contributed by atoms with E-state index in [2.05, 4.69) is 26.1 Å². The molecule has 1 aliphatic heterocycles. The first-order valence-corrected chi connectivity index (χ1v) is 12.2. The van der Waals surface area contributed by atoms with E-state index in [-0.39, 0.29) is 4.90 Å². The molecule has 10 heteroatoms. The number of rotatable bonds is 6. The van der Waals surface area contributed by atoms with Crippen molar-refractivity contribution in [2.45, 2.75) is 4.90 Å². The van der Waals surface area contributed by atoms with E-state index in [9.17, 15) is 8.42 Å². The SMILES string of the molecule is COc1cccc(-c2ccc(N3CCN(S(=O)(=O)c4cc(Br)ccc4OC)CC3)nn2)c1. The zero-order valence-electron chi connectivity index (χ0n) is 17.7. The summed E-state index contributed by atoms with van der Waals surface area (Å²) in [5, 5.41) is 8.71. The maximum absolute atomic E-state index is 13.2. The Balaban J connectivity index is 1.46. The molecular weight excluding hydrogens is 496 g/mol. The number of ether oxygens (including phenoxy) is 2. The van der Waals surface area contributed by atoms with Gasteiger partial charge in [0.2, 0.25) is 10.0 Å². The van der Waals surface area contributed by atoms with E-state index >= 15 is 0 Å². The fourth-order valence-electron chi connectivity index (χ4n) is 3.58. The van der Waals surface area contributed by atoms with Crippen LogP contribution in [0.15, 0.2) is 64.0 Å². The van der Waals surface area contributed by atoms with Crippen LogP contribution in [0.2, 0.25) is 0 Å². The lowest BCUT2D eigenvalue weighted by Crippen LogP contribution is -2.49. The first-order chi connectivity index (χ1) is 15.4. The molecule has 2 heterocycles. The van der Waals surface area contributed by atoms with Crippen molar-refractivity contribution < 1.29 is 17.9 Å². The second-order valence-corrected chi connectivity index (χ2v) is 10.0. The number of sulfonamides is 1. The van der Waals surface area contributed by atoms with Gasteiger partial charge in [0.05, 0.1) is 19.9 Å². The summed E-state index contributed by atoms with van der Waals surface area (Å²) in [6, 6.07) is 16.4. The summed E-state index contributed by atoms with van der Waals surface area (Å²) < 4.78 is 39.1. The molecule has 1 fully saturated rings. The van der Waals surface area contributed by atoms with E-state index in [0.29, 0.717) is 42.2 Å². The third-order valence-corrected chi connectivity index (χ3v) is 7.74. The average Bonchev–Trinajstić information content (AvgIpc) is 2.84. The summed E-state index contributed by atoms with van der Waals surface area (Å²) in [5.74, 6) is 1.80. The number of methoxy groups -OCH3 is 2. The minimum absolute atomic E-state index is 0.158. The van der Waals surface area contributed by atoms with Gasteiger partial charge in [-0.1, -0.05) is 28.1 Å². The Labute approximate surface area is 196 Å². The lowest BCUT2D eigenvalue weighted by molar-refractivity contribution is 0.373. The van der Waals surface area contributed by atoms with Crippen LogP contribution in [0.3, 0.4) is 0 Å². The lowest BCUT2D eigenvalue weighted by Gasteiger charge is -2.34. The average molecular weight is 519 g/mol. The maximum Gasteiger partial charge on any atom is 0.246 e. The molecule has 0 unspecified atom stereocenters. The van der Waals surface area contributed by atoms with Crippen molar-refractivity contribution >= 4 is 31.8 Å². The van der Waals surface area contributed by atoms with Crippen molar-refractivity contribution in [3.05, 3.63) is 59.1 Å². The highest BCUT2D eigenvalue weighted by Gasteiger charge is 2.31. The van der Waals surface area contributed by atoms with Gasteiger partial charge in [0.1, 0.15) is 16.4 Å². The molecule has 1 aliphatic rings. The van der Waals surface area contributed by atoms with Crippen LogP contribution in [0.5, 0.6) is 11.5 Å². The Hall–Kier alpha value is -2.69. The molecule has 0 aliphatic carbocycles. The Morgan fingerprint density at radius 3 is 2.34 bits per heavy atom. The van der Waals surface area contributed by atoms with Crippen LogP contribution in [-0.2, 0) is 10.0 Å². The predicted molar refractivity (Wildman–Crippen MR) is 126 cm³/mol. The van der Waals surface area contributed by atoms with Crippen molar-refractivity contribution in [2.24, 2.45) is 0 Å². The normalized spacial score (nSPS) is 14.9. The van der Waals surface area contributed by atoms with E-state index in [0.717, 1.165) is 17.0 Å². The molecular formula is C22H23BrN4O4S. The topological polar surface area (TPSA) is 84.9 Å². The van der Waals surface area contributed by atoms with E-state index in [1.54, 1.807) is 25.3 Å². The predicted octanol–water partition coefficient (Wildman–Crippen LogP) is 3.43. The lowest BCUT2D eigenvalue weighted by atomic mass is 10.1. The van der Waals surface area contributed by atoms with E-state index in [1.807, 2.05) is 41.3 Å². The number of hydrogen-bond acceptors (Lipinski definition) is 7. The Morgan fingerprint density at radius 1 is 0.906 bits per heavy atom. The highest BCUT2D eigenvalue weighted by atomic mass is 79.9. The molecule has 0 spiro atoms. The molecule has 1 aromatic heterocycles. The highest BCUT2D eigenvalue weighted by molar-refractivity contribution is 9.10. The highest BCUT2D eigenvalue weighted by Crippen LogP contribution is 2.31. The summed E-state index contributed by atoms with van der Waals surface area (Å²) in [6.07, 6.45) is 0. The first-order valence-electron chi connectivity index (χ1n) is 9.99. The molecule has 4 rings (SSSR count). The summed E-state index contributed by atoms with van der Waals surface area (Å²) in [7, 11) is -0.587. The molecule has 0 atom stereocenters.